The third-order valence-corrected chi connectivity index (χ3v) is 6.43. The molecule has 1 amide bonds. The van der Waals surface area contributed by atoms with Crippen molar-refractivity contribution in [2.24, 2.45) is 0 Å². The third-order valence-electron chi connectivity index (χ3n) is 6.43. The standard InChI is InChI=1S/C28H36FN3O2/c1-4-6-7-8-9-10-11-16-26(33)31(3)25(5-2)27-30-24-15-13-12-14-23(24)28(34)32(27)22-19-17-21(29)18-20-22/h12-15,17-20,25H,4-11,16H2,1-3H3. The van der Waals surface area contributed by atoms with Crippen LogP contribution < -0.4 is 5.56 Å². The molecule has 1 atom stereocenters. The highest BCUT2D eigenvalue weighted by Crippen LogP contribution is 2.26. The highest BCUT2D eigenvalue weighted by molar-refractivity contribution is 5.78. The van der Waals surface area contributed by atoms with Crippen molar-refractivity contribution >= 4 is 16.8 Å². The molecule has 0 aliphatic heterocycles. The summed E-state index contributed by atoms with van der Waals surface area (Å²) in [6.45, 7) is 4.19. The van der Waals surface area contributed by atoms with E-state index in [9.17, 15) is 14.0 Å². The lowest BCUT2D eigenvalue weighted by Crippen LogP contribution is -2.35. The molecule has 5 nitrogen and oxygen atoms in total. The molecule has 0 saturated heterocycles. The van der Waals surface area contributed by atoms with E-state index in [4.69, 9.17) is 4.98 Å². The minimum Gasteiger partial charge on any atom is -0.336 e. The lowest BCUT2D eigenvalue weighted by molar-refractivity contribution is -0.132. The molecule has 3 rings (SSSR count). The van der Waals surface area contributed by atoms with Crippen molar-refractivity contribution in [3.8, 4) is 5.69 Å². The van der Waals surface area contributed by atoms with Gasteiger partial charge in [-0.25, -0.2) is 9.37 Å². The normalized spacial score (nSPS) is 12.1. The second-order valence-corrected chi connectivity index (χ2v) is 8.90. The molecule has 0 aliphatic rings. The lowest BCUT2D eigenvalue weighted by Gasteiger charge is -2.29. The monoisotopic (exact) mass is 465 g/mol. The van der Waals surface area contributed by atoms with E-state index in [1.807, 2.05) is 19.1 Å². The Labute approximate surface area is 201 Å². The Balaban J connectivity index is 1.87. The zero-order valence-electron chi connectivity index (χ0n) is 20.6. The van der Waals surface area contributed by atoms with Gasteiger partial charge in [-0.15, -0.1) is 0 Å². The van der Waals surface area contributed by atoms with Gasteiger partial charge in [0.15, 0.2) is 0 Å². The number of hydrogen-bond acceptors (Lipinski definition) is 3. The van der Waals surface area contributed by atoms with Crippen molar-refractivity contribution in [1.29, 1.82) is 0 Å². The van der Waals surface area contributed by atoms with Crippen LogP contribution in [0.25, 0.3) is 16.6 Å². The van der Waals surface area contributed by atoms with Gasteiger partial charge < -0.3 is 4.90 Å². The summed E-state index contributed by atoms with van der Waals surface area (Å²) in [5.41, 5.74) is 0.900. The van der Waals surface area contributed by atoms with Crippen molar-refractivity contribution in [1.82, 2.24) is 14.5 Å². The number of fused-ring (bicyclic) bond motifs is 1. The van der Waals surface area contributed by atoms with Gasteiger partial charge in [-0.2, -0.15) is 0 Å². The van der Waals surface area contributed by atoms with Crippen molar-refractivity contribution in [3.05, 3.63) is 70.5 Å². The lowest BCUT2D eigenvalue weighted by atomic mass is 10.1. The van der Waals surface area contributed by atoms with E-state index in [-0.39, 0.29) is 23.3 Å². The molecule has 0 aliphatic carbocycles. The molecule has 0 spiro atoms. The van der Waals surface area contributed by atoms with Gasteiger partial charge in [-0.05, 0) is 49.2 Å². The molecule has 0 N–H and O–H groups in total. The van der Waals surface area contributed by atoms with Crippen LogP contribution in [-0.4, -0.2) is 27.4 Å². The number of halogens is 1. The number of hydrogen-bond donors (Lipinski definition) is 0. The van der Waals surface area contributed by atoms with Crippen LogP contribution in [0.1, 0.15) is 83.5 Å². The van der Waals surface area contributed by atoms with Crippen LogP contribution in [0.3, 0.4) is 0 Å². The molecule has 0 saturated carbocycles. The van der Waals surface area contributed by atoms with Crippen molar-refractivity contribution in [2.45, 2.75) is 77.7 Å². The number of rotatable bonds is 12. The third kappa shape index (κ3) is 6.10. The number of amides is 1. The first-order valence-corrected chi connectivity index (χ1v) is 12.5. The quantitative estimate of drug-likeness (QED) is 0.284. The molecule has 0 fully saturated rings. The minimum atomic E-state index is -0.376. The van der Waals surface area contributed by atoms with Crippen LogP contribution in [0.15, 0.2) is 53.3 Å². The summed E-state index contributed by atoms with van der Waals surface area (Å²) in [5.74, 6) is 0.169. The van der Waals surface area contributed by atoms with Crippen molar-refractivity contribution in [3.63, 3.8) is 0 Å². The van der Waals surface area contributed by atoms with Crippen LogP contribution in [0.5, 0.6) is 0 Å². The van der Waals surface area contributed by atoms with E-state index in [0.29, 0.717) is 35.3 Å². The molecule has 1 heterocycles. The van der Waals surface area contributed by atoms with Gasteiger partial charge in [0.1, 0.15) is 11.6 Å². The number of aromatic nitrogens is 2. The Kier molecular flexibility index (Phi) is 9.37. The van der Waals surface area contributed by atoms with Crippen LogP contribution >= 0.6 is 0 Å². The molecule has 1 unspecified atom stereocenters. The van der Waals surface area contributed by atoms with Crippen LogP contribution in [0, 0.1) is 5.82 Å². The molecule has 6 heteroatoms. The Morgan fingerprint density at radius 2 is 1.62 bits per heavy atom. The zero-order chi connectivity index (χ0) is 24.5. The van der Waals surface area contributed by atoms with E-state index in [1.165, 1.54) is 42.4 Å². The molecule has 182 valence electrons. The second-order valence-electron chi connectivity index (χ2n) is 8.90. The summed E-state index contributed by atoms with van der Waals surface area (Å²) in [6.07, 6.45) is 9.14. The maximum atomic E-state index is 13.6. The second kappa shape index (κ2) is 12.4. The molecule has 1 aromatic heterocycles. The molecular formula is C28H36FN3O2. The van der Waals surface area contributed by atoms with E-state index in [1.54, 1.807) is 36.2 Å². The molecular weight excluding hydrogens is 429 g/mol. The maximum Gasteiger partial charge on any atom is 0.266 e. The van der Waals surface area contributed by atoms with Crippen LogP contribution in [0.4, 0.5) is 4.39 Å². The van der Waals surface area contributed by atoms with E-state index in [0.717, 1.165) is 19.3 Å². The predicted octanol–water partition coefficient (Wildman–Crippen LogP) is 6.58. The van der Waals surface area contributed by atoms with Crippen LogP contribution in [0.2, 0.25) is 0 Å². The zero-order valence-corrected chi connectivity index (χ0v) is 20.6. The highest BCUT2D eigenvalue weighted by Gasteiger charge is 2.26. The topological polar surface area (TPSA) is 55.2 Å². The molecule has 0 bridgehead atoms. The average molecular weight is 466 g/mol. The Hall–Kier alpha value is -3.02. The molecule has 3 aromatic rings. The van der Waals surface area contributed by atoms with Gasteiger partial charge in [-0.1, -0.05) is 64.5 Å². The molecule has 0 radical (unpaired) electrons. The van der Waals surface area contributed by atoms with E-state index in [2.05, 4.69) is 6.92 Å². The highest BCUT2D eigenvalue weighted by atomic mass is 19.1. The summed E-state index contributed by atoms with van der Waals surface area (Å²) in [5, 5.41) is 0.488. The molecule has 2 aromatic carbocycles. The SMILES string of the molecule is CCCCCCCCCC(=O)N(C)C(CC)c1nc2ccccc2c(=O)n1-c1ccc(F)cc1. The van der Waals surface area contributed by atoms with E-state index >= 15 is 0 Å². The van der Waals surface area contributed by atoms with Gasteiger partial charge in [0.25, 0.3) is 5.56 Å². The number of nitrogens with zero attached hydrogens (tertiary/aromatic N) is 3. The first-order valence-electron chi connectivity index (χ1n) is 12.5. The summed E-state index contributed by atoms with van der Waals surface area (Å²) in [6, 6.07) is 12.6. The fraction of sp³-hybridized carbons (Fsp3) is 0.464. The predicted molar refractivity (Wildman–Crippen MR) is 136 cm³/mol. The van der Waals surface area contributed by atoms with Crippen LogP contribution in [-0.2, 0) is 4.79 Å². The van der Waals surface area contributed by atoms with Crippen molar-refractivity contribution in [2.75, 3.05) is 7.05 Å². The smallest absolute Gasteiger partial charge is 0.266 e. The summed E-state index contributed by atoms with van der Waals surface area (Å²) >= 11 is 0. The Morgan fingerprint density at radius 3 is 2.29 bits per heavy atom. The summed E-state index contributed by atoms with van der Waals surface area (Å²) < 4.78 is 15.1. The number of unbranched alkanes of at least 4 members (excludes halogenated alkanes) is 6. The van der Waals surface area contributed by atoms with Gasteiger partial charge in [0.2, 0.25) is 5.91 Å². The first-order chi connectivity index (χ1) is 16.5. The largest absolute Gasteiger partial charge is 0.336 e. The van der Waals surface area contributed by atoms with E-state index < -0.39 is 0 Å². The van der Waals surface area contributed by atoms with Gasteiger partial charge in [-0.3, -0.25) is 14.2 Å². The number of carbonyl (C=O) groups excluding carboxylic acids is 1. The Morgan fingerprint density at radius 1 is 0.971 bits per heavy atom. The summed E-state index contributed by atoms with van der Waals surface area (Å²) in [7, 11) is 1.79. The molecule has 34 heavy (non-hydrogen) atoms. The van der Waals surface area contributed by atoms with Gasteiger partial charge in [0.05, 0.1) is 22.6 Å². The Bertz CT molecular complexity index is 1140. The first kappa shape index (κ1) is 25.6. The minimum absolute atomic E-state index is 0.0495. The summed E-state index contributed by atoms with van der Waals surface area (Å²) in [4.78, 5) is 33.1. The number of carbonyl (C=O) groups is 1. The maximum absolute atomic E-state index is 13.6. The van der Waals surface area contributed by atoms with Gasteiger partial charge in [0, 0.05) is 13.5 Å². The number of benzene rings is 2. The van der Waals surface area contributed by atoms with Crippen molar-refractivity contribution < 1.29 is 9.18 Å². The average Bonchev–Trinajstić information content (AvgIpc) is 2.85. The number of para-hydroxylation sites is 1. The van der Waals surface area contributed by atoms with Gasteiger partial charge >= 0.3 is 0 Å². The fourth-order valence-electron chi connectivity index (χ4n) is 4.43. The fourth-order valence-corrected chi connectivity index (χ4v) is 4.43.